The van der Waals surface area contributed by atoms with Gasteiger partial charge in [0.25, 0.3) is 5.91 Å². The van der Waals surface area contributed by atoms with Gasteiger partial charge in [-0.25, -0.2) is 9.18 Å². The van der Waals surface area contributed by atoms with Crippen molar-refractivity contribution >= 4 is 17.7 Å². The third kappa shape index (κ3) is 4.75. The number of benzene rings is 2. The quantitative estimate of drug-likeness (QED) is 0.554. The summed E-state index contributed by atoms with van der Waals surface area (Å²) < 4.78 is 19.2. The van der Waals surface area contributed by atoms with Crippen LogP contribution in [0.15, 0.2) is 42.5 Å². The molecule has 0 radical (unpaired) electrons. The molecule has 0 bridgehead atoms. The summed E-state index contributed by atoms with van der Waals surface area (Å²) in [6.45, 7) is 4.99. The minimum absolute atomic E-state index is 0.154. The van der Waals surface area contributed by atoms with Crippen molar-refractivity contribution in [2.75, 3.05) is 0 Å². The van der Waals surface area contributed by atoms with Gasteiger partial charge in [-0.1, -0.05) is 38.1 Å². The van der Waals surface area contributed by atoms with Crippen LogP contribution < -0.4 is 5.32 Å². The van der Waals surface area contributed by atoms with Crippen LogP contribution in [0.5, 0.6) is 0 Å². The molecule has 158 valence electrons. The van der Waals surface area contributed by atoms with Gasteiger partial charge in [0.1, 0.15) is 11.9 Å². The lowest BCUT2D eigenvalue weighted by Gasteiger charge is -2.23. The van der Waals surface area contributed by atoms with Gasteiger partial charge in [-0.3, -0.25) is 9.59 Å². The lowest BCUT2D eigenvalue weighted by Crippen LogP contribution is -2.47. The van der Waals surface area contributed by atoms with Gasteiger partial charge in [-0.15, -0.1) is 0 Å². The zero-order valence-corrected chi connectivity index (χ0v) is 17.4. The van der Waals surface area contributed by atoms with E-state index in [1.807, 2.05) is 12.1 Å². The van der Waals surface area contributed by atoms with Crippen molar-refractivity contribution in [3.8, 4) is 0 Å². The van der Waals surface area contributed by atoms with Crippen LogP contribution in [-0.4, -0.2) is 29.8 Å². The van der Waals surface area contributed by atoms with Crippen LogP contribution in [0.1, 0.15) is 59.0 Å². The van der Waals surface area contributed by atoms with Gasteiger partial charge in [0.2, 0.25) is 5.78 Å². The maximum atomic E-state index is 13.9. The Morgan fingerprint density at radius 1 is 1.00 bits per heavy atom. The Kier molecular flexibility index (Phi) is 6.65. The Hall–Kier alpha value is -3.02. The number of amides is 1. The van der Waals surface area contributed by atoms with Gasteiger partial charge in [0.15, 0.2) is 6.10 Å². The molecule has 5 nitrogen and oxygen atoms in total. The van der Waals surface area contributed by atoms with Crippen molar-refractivity contribution in [3.63, 3.8) is 0 Å². The molecule has 30 heavy (non-hydrogen) atoms. The standard InChI is InChI=1S/C24H26FNO4/c1-14(2)21(26-23(28)19-9-4-5-10-20(19)25)24(29)30-15(3)22(27)18-12-11-16-7-6-8-17(16)13-18/h4-5,9-15,21H,6-8H2,1-3H3,(H,26,28). The summed E-state index contributed by atoms with van der Waals surface area (Å²) in [5.74, 6) is -2.71. The molecule has 0 saturated carbocycles. The molecule has 0 fully saturated rings. The van der Waals surface area contributed by atoms with Crippen LogP contribution in [0.2, 0.25) is 0 Å². The third-order valence-corrected chi connectivity index (χ3v) is 5.37. The van der Waals surface area contributed by atoms with E-state index in [4.69, 9.17) is 4.74 Å². The fourth-order valence-corrected chi connectivity index (χ4v) is 3.62. The number of carbonyl (C=O) groups is 3. The summed E-state index contributed by atoms with van der Waals surface area (Å²) in [5, 5.41) is 2.53. The van der Waals surface area contributed by atoms with E-state index in [0.29, 0.717) is 5.56 Å². The number of ether oxygens (including phenoxy) is 1. The fourth-order valence-electron chi connectivity index (χ4n) is 3.62. The molecule has 1 aliphatic carbocycles. The van der Waals surface area contributed by atoms with Crippen molar-refractivity contribution in [1.82, 2.24) is 5.32 Å². The Bertz CT molecular complexity index is 969. The van der Waals surface area contributed by atoms with Gasteiger partial charge in [0, 0.05) is 5.56 Å². The van der Waals surface area contributed by atoms with E-state index in [1.54, 1.807) is 19.9 Å². The van der Waals surface area contributed by atoms with E-state index in [9.17, 15) is 18.8 Å². The molecule has 1 aliphatic rings. The largest absolute Gasteiger partial charge is 0.453 e. The molecule has 0 aliphatic heterocycles. The number of esters is 1. The summed E-state index contributed by atoms with van der Waals surface area (Å²) in [5.41, 5.74) is 2.77. The molecule has 6 heteroatoms. The molecule has 2 aromatic rings. The number of carbonyl (C=O) groups excluding carboxylic acids is 3. The van der Waals surface area contributed by atoms with Crippen LogP contribution in [0.4, 0.5) is 4.39 Å². The van der Waals surface area contributed by atoms with Crippen LogP contribution >= 0.6 is 0 Å². The minimum Gasteiger partial charge on any atom is -0.453 e. The van der Waals surface area contributed by atoms with E-state index in [1.165, 1.54) is 36.8 Å². The van der Waals surface area contributed by atoms with Crippen LogP contribution in [0.25, 0.3) is 0 Å². The predicted octanol–water partition coefficient (Wildman–Crippen LogP) is 3.88. The molecular formula is C24H26FNO4. The van der Waals surface area contributed by atoms with Crippen molar-refractivity contribution in [2.24, 2.45) is 5.92 Å². The van der Waals surface area contributed by atoms with E-state index in [0.717, 1.165) is 24.8 Å². The molecule has 2 unspecified atom stereocenters. The highest BCUT2D eigenvalue weighted by molar-refractivity contribution is 6.01. The number of rotatable bonds is 7. The normalized spacial score (nSPS) is 14.7. The average molecular weight is 411 g/mol. The number of Topliss-reactive ketones (excluding diaryl/α,β-unsaturated/α-hetero) is 1. The molecule has 0 aromatic heterocycles. The van der Waals surface area contributed by atoms with Gasteiger partial charge in [0.05, 0.1) is 5.56 Å². The maximum absolute atomic E-state index is 13.9. The Balaban J connectivity index is 1.67. The minimum atomic E-state index is -1.01. The number of halogens is 1. The number of hydrogen-bond donors (Lipinski definition) is 1. The smallest absolute Gasteiger partial charge is 0.329 e. The molecule has 2 atom stereocenters. The highest BCUT2D eigenvalue weighted by atomic mass is 19.1. The van der Waals surface area contributed by atoms with Crippen LogP contribution in [-0.2, 0) is 22.4 Å². The number of fused-ring (bicyclic) bond motifs is 1. The van der Waals surface area contributed by atoms with Gasteiger partial charge in [-0.05, 0) is 61.4 Å². The van der Waals surface area contributed by atoms with Crippen molar-refractivity contribution < 1.29 is 23.5 Å². The maximum Gasteiger partial charge on any atom is 0.329 e. The average Bonchev–Trinajstić information content (AvgIpc) is 3.19. The van der Waals surface area contributed by atoms with Crippen LogP contribution in [0, 0.1) is 11.7 Å². The lowest BCUT2D eigenvalue weighted by atomic mass is 10.0. The second-order valence-corrected chi connectivity index (χ2v) is 7.96. The molecular weight excluding hydrogens is 385 g/mol. The Labute approximate surface area is 175 Å². The molecule has 3 rings (SSSR count). The number of aryl methyl sites for hydroxylation is 2. The second kappa shape index (κ2) is 9.20. The predicted molar refractivity (Wildman–Crippen MR) is 111 cm³/mol. The van der Waals surface area contributed by atoms with Crippen molar-refractivity contribution in [3.05, 3.63) is 70.5 Å². The van der Waals surface area contributed by atoms with Crippen molar-refractivity contribution in [1.29, 1.82) is 0 Å². The topological polar surface area (TPSA) is 72.5 Å². The second-order valence-electron chi connectivity index (χ2n) is 7.96. The molecule has 0 saturated heterocycles. The summed E-state index contributed by atoms with van der Waals surface area (Å²) in [7, 11) is 0. The summed E-state index contributed by atoms with van der Waals surface area (Å²) >= 11 is 0. The summed E-state index contributed by atoms with van der Waals surface area (Å²) in [4.78, 5) is 37.8. The van der Waals surface area contributed by atoms with Crippen LogP contribution in [0.3, 0.4) is 0 Å². The molecule has 1 N–H and O–H groups in total. The first kappa shape index (κ1) is 21.7. The fraction of sp³-hybridized carbons (Fsp3) is 0.375. The third-order valence-electron chi connectivity index (χ3n) is 5.37. The van der Waals surface area contributed by atoms with Crippen molar-refractivity contribution in [2.45, 2.75) is 52.2 Å². The Morgan fingerprint density at radius 3 is 2.40 bits per heavy atom. The zero-order chi connectivity index (χ0) is 21.8. The van der Waals surface area contributed by atoms with Gasteiger partial charge in [-0.2, -0.15) is 0 Å². The highest BCUT2D eigenvalue weighted by Gasteiger charge is 2.30. The highest BCUT2D eigenvalue weighted by Crippen LogP contribution is 2.23. The summed E-state index contributed by atoms with van der Waals surface area (Å²) in [6, 6.07) is 10.1. The number of hydrogen-bond acceptors (Lipinski definition) is 4. The first-order chi connectivity index (χ1) is 14.3. The van der Waals surface area contributed by atoms with Gasteiger partial charge < -0.3 is 10.1 Å². The zero-order valence-electron chi connectivity index (χ0n) is 17.4. The molecule has 1 amide bonds. The lowest BCUT2D eigenvalue weighted by molar-refractivity contribution is -0.149. The monoisotopic (exact) mass is 411 g/mol. The molecule has 0 heterocycles. The van der Waals surface area contributed by atoms with E-state index < -0.39 is 29.8 Å². The number of nitrogens with one attached hydrogen (secondary N) is 1. The van der Waals surface area contributed by atoms with E-state index >= 15 is 0 Å². The molecule has 0 spiro atoms. The SMILES string of the molecule is CC(OC(=O)C(NC(=O)c1ccccc1F)C(C)C)C(=O)c1ccc2c(c1)CCC2. The Morgan fingerprint density at radius 2 is 1.70 bits per heavy atom. The van der Waals surface area contributed by atoms with Gasteiger partial charge >= 0.3 is 5.97 Å². The van der Waals surface area contributed by atoms with E-state index in [-0.39, 0.29) is 17.3 Å². The molecule has 2 aromatic carbocycles. The van der Waals surface area contributed by atoms with E-state index in [2.05, 4.69) is 5.32 Å². The number of ketones is 1. The first-order valence-electron chi connectivity index (χ1n) is 10.2. The first-order valence-corrected chi connectivity index (χ1v) is 10.2. The summed E-state index contributed by atoms with van der Waals surface area (Å²) in [6.07, 6.45) is 2.05.